The van der Waals surface area contributed by atoms with Gasteiger partial charge in [0.05, 0.1) is 13.2 Å². The second kappa shape index (κ2) is 3.33. The number of hydrogen-bond acceptors (Lipinski definition) is 2. The van der Waals surface area contributed by atoms with Gasteiger partial charge in [0, 0.05) is 5.41 Å². The van der Waals surface area contributed by atoms with Crippen molar-refractivity contribution in [3.63, 3.8) is 0 Å². The van der Waals surface area contributed by atoms with Crippen LogP contribution in [-0.2, 0) is 0 Å². The summed E-state index contributed by atoms with van der Waals surface area (Å²) in [5.74, 6) is 0.580. The molecule has 0 spiro atoms. The Labute approximate surface area is 92.0 Å². The van der Waals surface area contributed by atoms with Crippen molar-refractivity contribution in [3.05, 3.63) is 11.1 Å². The number of rotatable bonds is 2. The molecule has 0 radical (unpaired) electrons. The molecular weight excluding hydrogens is 188 g/mol. The normalized spacial score (nSPS) is 38.6. The number of hydrogen-bond donors (Lipinski definition) is 2. The zero-order chi connectivity index (χ0) is 11.3. The Balaban J connectivity index is 2.46. The second-order valence-corrected chi connectivity index (χ2v) is 6.15. The van der Waals surface area contributed by atoms with Crippen LogP contribution in [-0.4, -0.2) is 23.4 Å². The van der Waals surface area contributed by atoms with E-state index in [4.69, 9.17) is 0 Å². The van der Waals surface area contributed by atoms with Crippen molar-refractivity contribution < 1.29 is 10.2 Å². The van der Waals surface area contributed by atoms with Gasteiger partial charge in [0.25, 0.3) is 0 Å². The molecule has 1 saturated carbocycles. The molecule has 0 bridgehead atoms. The number of aliphatic hydroxyl groups excluding tert-OH is 2. The van der Waals surface area contributed by atoms with Crippen molar-refractivity contribution in [1.82, 2.24) is 0 Å². The molecule has 0 aromatic carbocycles. The largest absolute Gasteiger partial charge is 0.395 e. The van der Waals surface area contributed by atoms with Crippen LogP contribution in [0.25, 0.3) is 0 Å². The lowest BCUT2D eigenvalue weighted by atomic mass is 9.79. The molecule has 0 aromatic heterocycles. The Kier molecular flexibility index (Phi) is 2.47. The molecular formula is C13H22O2. The summed E-state index contributed by atoms with van der Waals surface area (Å²) < 4.78 is 0. The first kappa shape index (κ1) is 11.2. The van der Waals surface area contributed by atoms with Crippen molar-refractivity contribution in [2.24, 2.45) is 16.7 Å². The van der Waals surface area contributed by atoms with Crippen LogP contribution < -0.4 is 0 Å². The van der Waals surface area contributed by atoms with Crippen LogP contribution >= 0.6 is 0 Å². The van der Waals surface area contributed by atoms with Crippen molar-refractivity contribution >= 4 is 0 Å². The Morgan fingerprint density at radius 2 is 1.93 bits per heavy atom. The van der Waals surface area contributed by atoms with Gasteiger partial charge in [-0.15, -0.1) is 0 Å². The molecule has 0 amide bonds. The highest BCUT2D eigenvalue weighted by Gasteiger charge is 2.53. The summed E-state index contributed by atoms with van der Waals surface area (Å²) >= 11 is 0. The number of fused-ring (bicyclic) bond motifs is 1. The van der Waals surface area contributed by atoms with E-state index >= 15 is 0 Å². The van der Waals surface area contributed by atoms with Crippen LogP contribution in [0.3, 0.4) is 0 Å². The molecule has 0 unspecified atom stereocenters. The zero-order valence-corrected chi connectivity index (χ0v) is 10.0. The predicted octanol–water partition coefficient (Wildman–Crippen LogP) is 2.11. The minimum Gasteiger partial charge on any atom is -0.395 e. The molecule has 2 atom stereocenters. The van der Waals surface area contributed by atoms with E-state index in [9.17, 15) is 10.2 Å². The lowest BCUT2D eigenvalue weighted by Gasteiger charge is -2.26. The molecule has 0 saturated heterocycles. The smallest absolute Gasteiger partial charge is 0.0644 e. The average molecular weight is 210 g/mol. The van der Waals surface area contributed by atoms with E-state index in [0.717, 1.165) is 19.3 Å². The van der Waals surface area contributed by atoms with E-state index in [1.54, 1.807) is 0 Å². The molecule has 2 rings (SSSR count). The van der Waals surface area contributed by atoms with Gasteiger partial charge in [-0.1, -0.05) is 26.3 Å². The predicted molar refractivity (Wildman–Crippen MR) is 60.4 cm³/mol. The Morgan fingerprint density at radius 1 is 1.27 bits per heavy atom. The van der Waals surface area contributed by atoms with E-state index < -0.39 is 0 Å². The molecule has 2 aliphatic carbocycles. The Bertz CT molecular complexity index is 304. The molecule has 2 nitrogen and oxygen atoms in total. The van der Waals surface area contributed by atoms with Crippen molar-refractivity contribution in [2.45, 2.75) is 40.0 Å². The fourth-order valence-corrected chi connectivity index (χ4v) is 4.00. The standard InChI is InChI=1S/C13H22O2/c1-12(2)7-13(3,8-15)11-9(6-14)4-5-10(11)12/h10,14-15H,4-8H2,1-3H3/t10-,13+/m0/s1. The SMILES string of the molecule is CC1(C)C[C@](C)(CO)C2=C(CO)CC[C@@H]21. The second-order valence-electron chi connectivity index (χ2n) is 6.15. The van der Waals surface area contributed by atoms with Gasteiger partial charge in [-0.3, -0.25) is 0 Å². The fourth-order valence-electron chi connectivity index (χ4n) is 4.00. The topological polar surface area (TPSA) is 40.5 Å². The van der Waals surface area contributed by atoms with Crippen LogP contribution in [0.5, 0.6) is 0 Å². The molecule has 2 N–H and O–H groups in total. The van der Waals surface area contributed by atoms with Crippen LogP contribution in [0.4, 0.5) is 0 Å². The summed E-state index contributed by atoms with van der Waals surface area (Å²) in [5, 5.41) is 19.0. The van der Waals surface area contributed by atoms with Crippen LogP contribution in [0.15, 0.2) is 11.1 Å². The first-order valence-electron chi connectivity index (χ1n) is 5.89. The lowest BCUT2D eigenvalue weighted by Crippen LogP contribution is -2.22. The van der Waals surface area contributed by atoms with E-state index in [1.807, 2.05) is 0 Å². The van der Waals surface area contributed by atoms with Crippen LogP contribution in [0.2, 0.25) is 0 Å². The maximum absolute atomic E-state index is 9.60. The number of aliphatic hydroxyl groups is 2. The van der Waals surface area contributed by atoms with Gasteiger partial charge in [0.1, 0.15) is 0 Å². The molecule has 1 fully saturated rings. The molecule has 0 aliphatic heterocycles. The van der Waals surface area contributed by atoms with E-state index in [2.05, 4.69) is 20.8 Å². The quantitative estimate of drug-likeness (QED) is 0.685. The maximum atomic E-state index is 9.60. The molecule has 86 valence electrons. The van der Waals surface area contributed by atoms with Crippen molar-refractivity contribution in [3.8, 4) is 0 Å². The summed E-state index contributed by atoms with van der Waals surface area (Å²) in [6.45, 7) is 7.12. The van der Waals surface area contributed by atoms with E-state index in [1.165, 1.54) is 11.1 Å². The Morgan fingerprint density at radius 3 is 2.47 bits per heavy atom. The molecule has 2 aliphatic rings. The average Bonchev–Trinajstić information content (AvgIpc) is 2.67. The first-order chi connectivity index (χ1) is 6.94. The summed E-state index contributed by atoms with van der Waals surface area (Å²) in [7, 11) is 0. The van der Waals surface area contributed by atoms with Crippen LogP contribution in [0.1, 0.15) is 40.0 Å². The summed E-state index contributed by atoms with van der Waals surface area (Å²) in [6.07, 6.45) is 3.23. The minimum atomic E-state index is -0.0806. The van der Waals surface area contributed by atoms with Gasteiger partial charge in [0.2, 0.25) is 0 Å². The Hall–Kier alpha value is -0.340. The summed E-state index contributed by atoms with van der Waals surface area (Å²) in [4.78, 5) is 0. The third-order valence-electron chi connectivity index (χ3n) is 4.44. The van der Waals surface area contributed by atoms with Crippen molar-refractivity contribution in [2.75, 3.05) is 13.2 Å². The summed E-state index contributed by atoms with van der Waals surface area (Å²) in [6, 6.07) is 0. The molecule has 15 heavy (non-hydrogen) atoms. The molecule has 0 aromatic rings. The van der Waals surface area contributed by atoms with Gasteiger partial charge < -0.3 is 10.2 Å². The molecule has 0 heterocycles. The monoisotopic (exact) mass is 210 g/mol. The van der Waals surface area contributed by atoms with Gasteiger partial charge >= 0.3 is 0 Å². The van der Waals surface area contributed by atoms with E-state index in [-0.39, 0.29) is 24.0 Å². The third-order valence-corrected chi connectivity index (χ3v) is 4.44. The zero-order valence-electron chi connectivity index (χ0n) is 10.0. The summed E-state index contributed by atoms with van der Waals surface area (Å²) in [5.41, 5.74) is 2.77. The fraction of sp³-hybridized carbons (Fsp3) is 0.846. The molecule has 2 heteroatoms. The minimum absolute atomic E-state index is 0.0806. The van der Waals surface area contributed by atoms with Gasteiger partial charge in [-0.05, 0) is 36.2 Å². The van der Waals surface area contributed by atoms with Gasteiger partial charge in [-0.2, -0.15) is 0 Å². The van der Waals surface area contributed by atoms with Gasteiger partial charge in [0.15, 0.2) is 0 Å². The highest BCUT2D eigenvalue weighted by molar-refractivity contribution is 5.35. The highest BCUT2D eigenvalue weighted by atomic mass is 16.3. The lowest BCUT2D eigenvalue weighted by molar-refractivity contribution is 0.152. The van der Waals surface area contributed by atoms with Crippen molar-refractivity contribution in [1.29, 1.82) is 0 Å². The highest BCUT2D eigenvalue weighted by Crippen LogP contribution is 2.61. The first-order valence-corrected chi connectivity index (χ1v) is 5.89. The maximum Gasteiger partial charge on any atom is 0.0644 e. The third kappa shape index (κ3) is 1.46. The van der Waals surface area contributed by atoms with E-state index in [0.29, 0.717) is 5.92 Å². The van der Waals surface area contributed by atoms with Crippen LogP contribution in [0, 0.1) is 16.7 Å². The van der Waals surface area contributed by atoms with Gasteiger partial charge in [-0.25, -0.2) is 0 Å².